The van der Waals surface area contributed by atoms with E-state index in [1.54, 1.807) is 40.3 Å². The Kier molecular flexibility index (Phi) is 10.1. The molecule has 0 aliphatic carbocycles. The maximum absolute atomic E-state index is 13.2. The Morgan fingerprint density at radius 2 is 1.80 bits per heavy atom. The second-order valence-electron chi connectivity index (χ2n) is 7.07. The molecule has 0 spiro atoms. The average Bonchev–Trinajstić information content (AvgIpc) is 3.24. The Morgan fingerprint density at radius 1 is 1.03 bits per heavy atom. The summed E-state index contributed by atoms with van der Waals surface area (Å²) in [7, 11) is 0. The molecule has 0 bridgehead atoms. The molecule has 0 fully saturated rings. The van der Waals surface area contributed by atoms with Gasteiger partial charge < -0.3 is 19.0 Å². The fourth-order valence-corrected chi connectivity index (χ4v) is 3.06. The number of furan rings is 1. The van der Waals surface area contributed by atoms with Gasteiger partial charge in [0.2, 0.25) is 11.8 Å². The zero-order valence-corrected chi connectivity index (χ0v) is 17.8. The highest BCUT2D eigenvalue weighted by Crippen LogP contribution is 2.13. The Hall–Kier alpha value is -2.67. The van der Waals surface area contributed by atoms with Crippen molar-refractivity contribution in [2.75, 3.05) is 26.3 Å². The molecule has 2 aromatic rings. The van der Waals surface area contributed by atoms with Crippen LogP contribution in [0.15, 0.2) is 47.1 Å². The third-order valence-electron chi connectivity index (χ3n) is 4.63. The number of benzene rings is 1. The van der Waals surface area contributed by atoms with Crippen LogP contribution in [0.1, 0.15) is 44.4 Å². The van der Waals surface area contributed by atoms with E-state index in [2.05, 4.69) is 0 Å². The highest BCUT2D eigenvalue weighted by atomic mass is 19.1. The van der Waals surface area contributed by atoms with Crippen LogP contribution >= 0.6 is 0 Å². The van der Waals surface area contributed by atoms with E-state index in [-0.39, 0.29) is 30.7 Å². The second kappa shape index (κ2) is 12.8. The van der Waals surface area contributed by atoms with E-state index in [1.807, 2.05) is 13.8 Å². The van der Waals surface area contributed by atoms with Crippen LogP contribution in [-0.2, 0) is 27.4 Å². The SMILES string of the molecule is CCCC(=O)N(CCCOCC)CC(=O)N(Cc1ccc(F)cc1)Cc1ccco1. The number of carbonyl (C=O) groups is 2. The number of halogens is 1. The van der Waals surface area contributed by atoms with Crippen LogP contribution in [0.4, 0.5) is 4.39 Å². The molecular weight excluding hydrogens is 387 g/mol. The molecular formula is C23H31FN2O4. The molecule has 6 nitrogen and oxygen atoms in total. The number of amides is 2. The summed E-state index contributed by atoms with van der Waals surface area (Å²) in [5.41, 5.74) is 0.805. The number of hydrogen-bond acceptors (Lipinski definition) is 4. The lowest BCUT2D eigenvalue weighted by Crippen LogP contribution is -2.43. The largest absolute Gasteiger partial charge is 0.467 e. The van der Waals surface area contributed by atoms with Crippen molar-refractivity contribution in [3.05, 3.63) is 59.8 Å². The summed E-state index contributed by atoms with van der Waals surface area (Å²) in [4.78, 5) is 28.9. The predicted octanol–water partition coefficient (Wildman–Crippen LogP) is 4.00. The maximum Gasteiger partial charge on any atom is 0.242 e. The number of carbonyl (C=O) groups excluding carboxylic acids is 2. The van der Waals surface area contributed by atoms with E-state index in [9.17, 15) is 14.0 Å². The Morgan fingerprint density at radius 3 is 2.43 bits per heavy atom. The van der Waals surface area contributed by atoms with E-state index in [0.717, 1.165) is 12.0 Å². The fourth-order valence-electron chi connectivity index (χ4n) is 3.06. The molecule has 0 aliphatic heterocycles. The zero-order chi connectivity index (χ0) is 21.8. The van der Waals surface area contributed by atoms with Crippen molar-refractivity contribution in [2.45, 2.75) is 46.2 Å². The summed E-state index contributed by atoms with van der Waals surface area (Å²) in [6.07, 6.45) is 3.35. The first-order chi connectivity index (χ1) is 14.5. The van der Waals surface area contributed by atoms with Gasteiger partial charge in [0, 0.05) is 32.7 Å². The van der Waals surface area contributed by atoms with Gasteiger partial charge in [0.05, 0.1) is 19.4 Å². The van der Waals surface area contributed by atoms with Crippen LogP contribution in [0, 0.1) is 5.82 Å². The highest BCUT2D eigenvalue weighted by Gasteiger charge is 2.22. The molecule has 0 saturated heterocycles. The van der Waals surface area contributed by atoms with E-state index in [0.29, 0.717) is 44.9 Å². The molecule has 1 aromatic carbocycles. The van der Waals surface area contributed by atoms with Gasteiger partial charge in [0.25, 0.3) is 0 Å². The Balaban J connectivity index is 2.09. The summed E-state index contributed by atoms with van der Waals surface area (Å²) >= 11 is 0. The number of hydrogen-bond donors (Lipinski definition) is 0. The Bertz CT molecular complexity index is 762. The lowest BCUT2D eigenvalue weighted by Gasteiger charge is -2.27. The monoisotopic (exact) mass is 418 g/mol. The minimum atomic E-state index is -0.326. The standard InChI is InChI=1S/C23H31FN2O4/c1-3-7-22(27)25(13-6-14-29-4-2)18-23(28)26(17-21-8-5-15-30-21)16-19-9-11-20(24)12-10-19/h5,8-12,15H,3-4,6-7,13-14,16-18H2,1-2H3. The molecule has 164 valence electrons. The molecule has 2 amide bonds. The van der Waals surface area contributed by atoms with Gasteiger partial charge >= 0.3 is 0 Å². The minimum Gasteiger partial charge on any atom is -0.467 e. The third kappa shape index (κ3) is 7.99. The number of ether oxygens (including phenoxy) is 1. The van der Waals surface area contributed by atoms with Gasteiger partial charge in [-0.15, -0.1) is 0 Å². The summed E-state index contributed by atoms with van der Waals surface area (Å²) in [6.45, 7) is 6.07. The van der Waals surface area contributed by atoms with Gasteiger partial charge in [-0.2, -0.15) is 0 Å². The molecule has 1 aromatic heterocycles. The van der Waals surface area contributed by atoms with Gasteiger partial charge in [-0.3, -0.25) is 9.59 Å². The zero-order valence-electron chi connectivity index (χ0n) is 17.8. The molecule has 0 radical (unpaired) electrons. The van der Waals surface area contributed by atoms with Crippen LogP contribution in [0.3, 0.4) is 0 Å². The van der Waals surface area contributed by atoms with E-state index < -0.39 is 0 Å². The van der Waals surface area contributed by atoms with Gasteiger partial charge in [0.15, 0.2) is 0 Å². The quantitative estimate of drug-likeness (QED) is 0.461. The Labute approximate surface area is 177 Å². The first-order valence-electron chi connectivity index (χ1n) is 10.4. The highest BCUT2D eigenvalue weighted by molar-refractivity contribution is 5.84. The van der Waals surface area contributed by atoms with Crippen LogP contribution in [0.5, 0.6) is 0 Å². The summed E-state index contributed by atoms with van der Waals surface area (Å²) in [5, 5.41) is 0. The normalized spacial score (nSPS) is 10.8. The third-order valence-corrected chi connectivity index (χ3v) is 4.63. The average molecular weight is 419 g/mol. The summed E-state index contributed by atoms with van der Waals surface area (Å²) < 4.78 is 24.0. The van der Waals surface area contributed by atoms with E-state index in [4.69, 9.17) is 9.15 Å². The van der Waals surface area contributed by atoms with Gasteiger partial charge in [0.1, 0.15) is 11.6 Å². The lowest BCUT2D eigenvalue weighted by molar-refractivity contribution is -0.141. The first kappa shape index (κ1) is 23.6. The predicted molar refractivity (Wildman–Crippen MR) is 112 cm³/mol. The van der Waals surface area contributed by atoms with E-state index in [1.165, 1.54) is 12.1 Å². The van der Waals surface area contributed by atoms with Gasteiger partial charge in [-0.1, -0.05) is 19.1 Å². The van der Waals surface area contributed by atoms with Crippen molar-refractivity contribution < 1.29 is 23.1 Å². The molecule has 2 rings (SSSR count). The summed E-state index contributed by atoms with van der Waals surface area (Å²) in [5.74, 6) is 0.0974. The van der Waals surface area contributed by atoms with Crippen molar-refractivity contribution in [1.82, 2.24) is 9.80 Å². The van der Waals surface area contributed by atoms with Crippen LogP contribution in [0.25, 0.3) is 0 Å². The minimum absolute atomic E-state index is 0.00708. The summed E-state index contributed by atoms with van der Waals surface area (Å²) in [6, 6.07) is 9.61. The topological polar surface area (TPSA) is 63.0 Å². The van der Waals surface area contributed by atoms with Gasteiger partial charge in [-0.05, 0) is 49.6 Å². The number of nitrogens with zero attached hydrogens (tertiary/aromatic N) is 2. The molecule has 30 heavy (non-hydrogen) atoms. The molecule has 1 heterocycles. The number of rotatable bonds is 13. The smallest absolute Gasteiger partial charge is 0.242 e. The molecule has 0 unspecified atom stereocenters. The van der Waals surface area contributed by atoms with Crippen molar-refractivity contribution in [2.24, 2.45) is 0 Å². The van der Waals surface area contributed by atoms with E-state index >= 15 is 0 Å². The van der Waals surface area contributed by atoms with Gasteiger partial charge in [-0.25, -0.2) is 4.39 Å². The van der Waals surface area contributed by atoms with Crippen LogP contribution < -0.4 is 0 Å². The molecule has 0 saturated carbocycles. The van der Waals surface area contributed by atoms with Crippen molar-refractivity contribution in [1.29, 1.82) is 0 Å². The maximum atomic E-state index is 13.2. The first-order valence-corrected chi connectivity index (χ1v) is 10.4. The van der Waals surface area contributed by atoms with Crippen LogP contribution in [-0.4, -0.2) is 47.9 Å². The molecule has 0 atom stereocenters. The fraction of sp³-hybridized carbons (Fsp3) is 0.478. The second-order valence-corrected chi connectivity index (χ2v) is 7.07. The lowest BCUT2D eigenvalue weighted by atomic mass is 10.2. The van der Waals surface area contributed by atoms with Crippen LogP contribution in [0.2, 0.25) is 0 Å². The van der Waals surface area contributed by atoms with Crippen molar-refractivity contribution >= 4 is 11.8 Å². The van der Waals surface area contributed by atoms with Crippen molar-refractivity contribution in [3.63, 3.8) is 0 Å². The molecule has 7 heteroatoms. The molecule has 0 N–H and O–H groups in total. The van der Waals surface area contributed by atoms with Crippen molar-refractivity contribution in [3.8, 4) is 0 Å². The molecule has 0 aliphatic rings.